The quantitative estimate of drug-likeness (QED) is 0.140. The van der Waals surface area contributed by atoms with E-state index in [9.17, 15) is 14.0 Å². The Morgan fingerprint density at radius 1 is 1.09 bits per heavy atom. The number of rotatable bonds is 8. The number of aromatic nitrogens is 2. The molecular formula is C22H25FN8O2S. The zero-order valence-corrected chi connectivity index (χ0v) is 19.5. The van der Waals surface area contributed by atoms with Gasteiger partial charge in [-0.2, -0.15) is 5.10 Å². The molecule has 0 unspecified atom stereocenters. The molecule has 0 saturated carbocycles. The molecule has 0 bridgehead atoms. The van der Waals surface area contributed by atoms with Crippen LogP contribution >= 0.6 is 11.3 Å². The smallest absolute Gasteiger partial charge is 0.270 e. The summed E-state index contributed by atoms with van der Waals surface area (Å²) in [5, 5.41) is 9.12. The summed E-state index contributed by atoms with van der Waals surface area (Å²) in [6, 6.07) is 7.76. The number of thiophene rings is 1. The first kappa shape index (κ1) is 24.7. The molecule has 0 fully saturated rings. The highest BCUT2D eigenvalue weighted by Crippen LogP contribution is 2.23. The lowest BCUT2D eigenvalue weighted by Gasteiger charge is -2.08. The second kappa shape index (κ2) is 11.3. The highest BCUT2D eigenvalue weighted by molar-refractivity contribution is 7.14. The summed E-state index contributed by atoms with van der Waals surface area (Å²) in [5.74, 6) is 9.88. The summed E-state index contributed by atoms with van der Waals surface area (Å²) in [7, 11) is 0. The number of aryl methyl sites for hydroxylation is 2. The molecule has 0 spiro atoms. The van der Waals surface area contributed by atoms with Crippen LogP contribution in [0.2, 0.25) is 0 Å². The third kappa shape index (κ3) is 5.91. The van der Waals surface area contributed by atoms with E-state index in [-0.39, 0.29) is 30.3 Å². The summed E-state index contributed by atoms with van der Waals surface area (Å²) in [6.07, 6.45) is 1.91. The molecule has 10 nitrogen and oxygen atoms in total. The summed E-state index contributed by atoms with van der Waals surface area (Å²) in [4.78, 5) is 34.9. The summed E-state index contributed by atoms with van der Waals surface area (Å²) >= 11 is 1.47. The van der Waals surface area contributed by atoms with Gasteiger partial charge in [0, 0.05) is 24.0 Å². The molecule has 1 aromatic carbocycles. The standard InChI is InChI=1S/C22H25FN8O2S/c1-3-18-14(7-19(34-18)20(30-24)31-25)10-27-22(33)17-8-16(28-11-29-17)21(32)26-9-13-4-5-15(23)12(2)6-13/h4-8,11H,3,9-10,24-25H2,1-2H3,(H,26,32)(H,27,33)(H,30,31). The lowest BCUT2D eigenvalue weighted by Crippen LogP contribution is -2.31. The van der Waals surface area contributed by atoms with Crippen LogP contribution in [0.1, 0.15) is 54.3 Å². The van der Waals surface area contributed by atoms with Gasteiger partial charge >= 0.3 is 0 Å². The van der Waals surface area contributed by atoms with E-state index in [0.29, 0.717) is 11.4 Å². The molecule has 12 heteroatoms. The molecule has 0 aliphatic carbocycles. The molecular weight excluding hydrogens is 459 g/mol. The Hall–Kier alpha value is -3.90. The third-order valence-corrected chi connectivity index (χ3v) is 6.29. The van der Waals surface area contributed by atoms with Gasteiger partial charge in [-0.1, -0.05) is 19.1 Å². The van der Waals surface area contributed by atoms with Gasteiger partial charge in [-0.3, -0.25) is 9.59 Å². The van der Waals surface area contributed by atoms with Crippen molar-refractivity contribution in [2.45, 2.75) is 33.4 Å². The molecule has 2 heterocycles. The molecule has 3 aromatic rings. The highest BCUT2D eigenvalue weighted by atomic mass is 32.1. The zero-order chi connectivity index (χ0) is 24.7. The topological polar surface area (TPSA) is 160 Å². The van der Waals surface area contributed by atoms with Gasteiger partial charge < -0.3 is 21.9 Å². The Kier molecular flexibility index (Phi) is 8.22. The van der Waals surface area contributed by atoms with Crippen LogP contribution in [-0.4, -0.2) is 27.6 Å². The van der Waals surface area contributed by atoms with E-state index in [0.717, 1.165) is 33.6 Å². The fraction of sp³-hybridized carbons (Fsp3) is 0.227. The minimum Gasteiger partial charge on any atom is -0.347 e. The number of amides is 2. The number of benzene rings is 1. The number of carbonyl (C=O) groups is 2. The minimum atomic E-state index is -0.475. The Morgan fingerprint density at radius 2 is 1.76 bits per heavy atom. The molecule has 0 radical (unpaired) electrons. The van der Waals surface area contributed by atoms with Crippen LogP contribution in [-0.2, 0) is 19.5 Å². The van der Waals surface area contributed by atoms with Gasteiger partial charge in [-0.25, -0.2) is 20.2 Å². The van der Waals surface area contributed by atoms with Crippen molar-refractivity contribution in [2.24, 2.45) is 16.8 Å². The van der Waals surface area contributed by atoms with Crippen LogP contribution in [0.5, 0.6) is 0 Å². The normalized spacial score (nSPS) is 11.2. The summed E-state index contributed by atoms with van der Waals surface area (Å²) in [5.41, 5.74) is 4.67. The molecule has 3 rings (SSSR count). The van der Waals surface area contributed by atoms with E-state index in [2.05, 4.69) is 31.1 Å². The minimum absolute atomic E-state index is 0.0452. The first-order chi connectivity index (χ1) is 16.4. The molecule has 178 valence electrons. The number of halogens is 1. The van der Waals surface area contributed by atoms with Crippen molar-refractivity contribution >= 4 is 29.0 Å². The number of nitrogens with zero attached hydrogens (tertiary/aromatic N) is 3. The fourth-order valence-corrected chi connectivity index (χ4v) is 4.25. The average Bonchev–Trinajstić information content (AvgIpc) is 3.26. The number of nitrogens with one attached hydrogen (secondary N) is 3. The molecule has 7 N–H and O–H groups in total. The van der Waals surface area contributed by atoms with E-state index in [4.69, 9.17) is 11.7 Å². The largest absolute Gasteiger partial charge is 0.347 e. The number of amidine groups is 1. The number of carbonyl (C=O) groups excluding carboxylic acids is 2. The predicted molar refractivity (Wildman–Crippen MR) is 127 cm³/mol. The molecule has 0 aliphatic heterocycles. The van der Waals surface area contributed by atoms with Gasteiger partial charge in [-0.05, 0) is 42.2 Å². The van der Waals surface area contributed by atoms with Gasteiger partial charge in [0.25, 0.3) is 11.8 Å². The monoisotopic (exact) mass is 484 g/mol. The van der Waals surface area contributed by atoms with Crippen molar-refractivity contribution in [3.63, 3.8) is 0 Å². The highest BCUT2D eigenvalue weighted by Gasteiger charge is 2.16. The third-order valence-electron chi connectivity index (χ3n) is 4.96. The van der Waals surface area contributed by atoms with Crippen LogP contribution in [0.25, 0.3) is 0 Å². The maximum Gasteiger partial charge on any atom is 0.270 e. The Morgan fingerprint density at radius 3 is 2.35 bits per heavy atom. The molecule has 2 amide bonds. The maximum absolute atomic E-state index is 13.4. The molecule has 0 atom stereocenters. The van der Waals surface area contributed by atoms with Crippen molar-refractivity contribution in [2.75, 3.05) is 0 Å². The first-order valence-corrected chi connectivity index (χ1v) is 11.2. The number of hydrogen-bond acceptors (Lipinski definition) is 8. The van der Waals surface area contributed by atoms with Gasteiger partial charge in [0.15, 0.2) is 5.84 Å². The number of hydrazine groups is 1. The van der Waals surface area contributed by atoms with Crippen molar-refractivity contribution in [3.8, 4) is 0 Å². The van der Waals surface area contributed by atoms with Gasteiger partial charge in [0.1, 0.15) is 23.5 Å². The van der Waals surface area contributed by atoms with Crippen molar-refractivity contribution in [1.29, 1.82) is 0 Å². The van der Waals surface area contributed by atoms with Crippen LogP contribution < -0.4 is 27.7 Å². The fourth-order valence-electron chi connectivity index (χ4n) is 3.17. The summed E-state index contributed by atoms with van der Waals surface area (Å²) in [6.45, 7) is 4.09. The van der Waals surface area contributed by atoms with E-state index in [1.165, 1.54) is 23.5 Å². The van der Waals surface area contributed by atoms with Crippen LogP contribution in [0, 0.1) is 12.7 Å². The van der Waals surface area contributed by atoms with Crippen molar-refractivity contribution < 1.29 is 14.0 Å². The Labute approximate surface area is 199 Å². The van der Waals surface area contributed by atoms with E-state index in [1.807, 2.05) is 13.0 Å². The lowest BCUT2D eigenvalue weighted by atomic mass is 10.1. The van der Waals surface area contributed by atoms with Gasteiger partial charge in [-0.15, -0.1) is 11.3 Å². The van der Waals surface area contributed by atoms with Crippen molar-refractivity contribution in [1.82, 2.24) is 26.0 Å². The van der Waals surface area contributed by atoms with Crippen LogP contribution in [0.15, 0.2) is 41.8 Å². The SMILES string of the molecule is CCc1sc(/C(=N/N)NN)cc1CNC(=O)c1cc(C(=O)NCc2ccc(F)c(C)c2)ncn1. The van der Waals surface area contributed by atoms with E-state index < -0.39 is 11.8 Å². The second-order valence-electron chi connectivity index (χ2n) is 7.27. The number of hydrogen-bond donors (Lipinski definition) is 5. The van der Waals surface area contributed by atoms with Gasteiger partial charge in [0.2, 0.25) is 0 Å². The Balaban J connectivity index is 1.64. The zero-order valence-electron chi connectivity index (χ0n) is 18.7. The van der Waals surface area contributed by atoms with E-state index >= 15 is 0 Å². The molecule has 0 saturated heterocycles. The van der Waals surface area contributed by atoms with Gasteiger partial charge in [0.05, 0.1) is 4.88 Å². The van der Waals surface area contributed by atoms with Crippen LogP contribution in [0.3, 0.4) is 0 Å². The van der Waals surface area contributed by atoms with E-state index in [1.54, 1.807) is 19.1 Å². The van der Waals surface area contributed by atoms with Crippen molar-refractivity contribution in [3.05, 3.63) is 80.3 Å². The Bertz CT molecular complexity index is 1230. The maximum atomic E-state index is 13.4. The average molecular weight is 485 g/mol. The summed E-state index contributed by atoms with van der Waals surface area (Å²) < 4.78 is 13.4. The lowest BCUT2D eigenvalue weighted by molar-refractivity contribution is 0.0944. The first-order valence-electron chi connectivity index (χ1n) is 10.4. The predicted octanol–water partition coefficient (Wildman–Crippen LogP) is 1.49. The molecule has 2 aromatic heterocycles. The van der Waals surface area contributed by atoms with Crippen LogP contribution in [0.4, 0.5) is 4.39 Å². The molecule has 34 heavy (non-hydrogen) atoms. The number of hydrazone groups is 1. The number of nitrogens with two attached hydrogens (primary N) is 2. The second-order valence-corrected chi connectivity index (χ2v) is 8.41. The molecule has 0 aliphatic rings.